The summed E-state index contributed by atoms with van der Waals surface area (Å²) in [4.78, 5) is 33.1. The number of aliphatic carboxylic acids is 1. The quantitative estimate of drug-likeness (QED) is 0.638. The van der Waals surface area contributed by atoms with Gasteiger partial charge in [-0.15, -0.1) is 11.3 Å². The van der Waals surface area contributed by atoms with Gasteiger partial charge >= 0.3 is 5.97 Å². The van der Waals surface area contributed by atoms with Crippen LogP contribution in [0.5, 0.6) is 0 Å². The second-order valence-corrected chi connectivity index (χ2v) is 6.43. The average molecular weight is 336 g/mol. The van der Waals surface area contributed by atoms with E-state index in [1.807, 2.05) is 13.0 Å². The van der Waals surface area contributed by atoms with Crippen molar-refractivity contribution in [1.82, 2.24) is 15.3 Å². The first-order chi connectivity index (χ1) is 11.0. The number of carbonyl (C=O) groups excluding carboxylic acids is 1. The van der Waals surface area contributed by atoms with E-state index in [1.54, 1.807) is 18.3 Å². The highest BCUT2D eigenvalue weighted by molar-refractivity contribution is 7.18. The normalized spacial score (nSPS) is 12.1. The van der Waals surface area contributed by atoms with Crippen molar-refractivity contribution >= 4 is 39.2 Å². The fraction of sp³-hybridized carbons (Fsp3) is 0.467. The van der Waals surface area contributed by atoms with Crippen molar-refractivity contribution in [3.05, 3.63) is 17.3 Å². The Labute approximate surface area is 138 Å². The molecule has 0 bridgehead atoms. The Balaban J connectivity index is 1.80. The molecule has 0 aliphatic rings. The van der Waals surface area contributed by atoms with Gasteiger partial charge in [0.2, 0.25) is 5.91 Å². The Kier molecular flexibility index (Phi) is 5.86. The molecule has 0 aliphatic heterocycles. The van der Waals surface area contributed by atoms with Gasteiger partial charge < -0.3 is 15.7 Å². The number of carbonyl (C=O) groups is 2. The van der Waals surface area contributed by atoms with Crippen LogP contribution in [0.1, 0.15) is 31.1 Å². The molecule has 7 nitrogen and oxygen atoms in total. The van der Waals surface area contributed by atoms with Crippen LogP contribution in [-0.4, -0.2) is 39.5 Å². The number of nitrogens with one attached hydrogen (secondary N) is 2. The molecule has 1 unspecified atom stereocenters. The van der Waals surface area contributed by atoms with Crippen LogP contribution in [0.15, 0.2) is 12.4 Å². The molecule has 8 heteroatoms. The molecule has 2 rings (SSSR count). The molecule has 3 N–H and O–H groups in total. The number of hydrogen-bond acceptors (Lipinski definition) is 6. The molecule has 1 atom stereocenters. The zero-order chi connectivity index (χ0) is 16.8. The monoisotopic (exact) mass is 336 g/mol. The molecule has 2 aromatic heterocycles. The number of aromatic nitrogens is 2. The molecule has 124 valence electrons. The molecule has 0 saturated heterocycles. The summed E-state index contributed by atoms with van der Waals surface area (Å²) in [5.41, 5.74) is 0. The summed E-state index contributed by atoms with van der Waals surface area (Å²) < 4.78 is 0. The van der Waals surface area contributed by atoms with Gasteiger partial charge in [-0.2, -0.15) is 0 Å². The van der Waals surface area contributed by atoms with Crippen LogP contribution in [0.25, 0.3) is 10.2 Å². The molecule has 1 amide bonds. The van der Waals surface area contributed by atoms with E-state index in [9.17, 15) is 9.59 Å². The third-order valence-corrected chi connectivity index (χ3v) is 4.33. The second kappa shape index (κ2) is 7.87. The number of aryl methyl sites for hydroxylation is 1. The smallest absolute Gasteiger partial charge is 0.326 e. The predicted molar refractivity (Wildman–Crippen MR) is 89.7 cm³/mol. The Morgan fingerprint density at radius 1 is 1.39 bits per heavy atom. The first-order valence-electron chi connectivity index (χ1n) is 7.48. The molecular formula is C15H20N4O3S. The van der Waals surface area contributed by atoms with Crippen molar-refractivity contribution in [1.29, 1.82) is 0 Å². The molecule has 0 radical (unpaired) electrons. The standard InChI is InChI=1S/C15H20N4O3S/c1-3-11(15(21)22)19-12(20)5-4-6-16-13-10-7-9(2)23-14(10)18-8-17-13/h7-8,11H,3-6H2,1-2H3,(H,19,20)(H,21,22)(H,16,17,18). The van der Waals surface area contributed by atoms with Gasteiger partial charge in [0.1, 0.15) is 23.0 Å². The molecular weight excluding hydrogens is 316 g/mol. The highest BCUT2D eigenvalue weighted by atomic mass is 32.1. The first kappa shape index (κ1) is 17.1. The summed E-state index contributed by atoms with van der Waals surface area (Å²) in [5, 5.41) is 15.6. The fourth-order valence-corrected chi connectivity index (χ4v) is 3.02. The Morgan fingerprint density at radius 2 is 2.17 bits per heavy atom. The lowest BCUT2D eigenvalue weighted by Crippen LogP contribution is -2.40. The number of hydrogen-bond donors (Lipinski definition) is 3. The van der Waals surface area contributed by atoms with Crippen molar-refractivity contribution in [3.8, 4) is 0 Å². The van der Waals surface area contributed by atoms with Gasteiger partial charge in [-0.05, 0) is 25.8 Å². The Bertz CT molecular complexity index is 701. The number of rotatable bonds is 8. The maximum absolute atomic E-state index is 11.7. The predicted octanol–water partition coefficient (Wildman–Crippen LogP) is 2.17. The van der Waals surface area contributed by atoms with Crippen molar-refractivity contribution in [2.75, 3.05) is 11.9 Å². The summed E-state index contributed by atoms with van der Waals surface area (Å²) in [6.45, 7) is 4.33. The van der Waals surface area contributed by atoms with E-state index in [-0.39, 0.29) is 12.3 Å². The summed E-state index contributed by atoms with van der Waals surface area (Å²) in [6, 6.07) is 1.22. The fourth-order valence-electron chi connectivity index (χ4n) is 2.18. The number of carboxylic acid groups (broad SMARTS) is 1. The van der Waals surface area contributed by atoms with E-state index in [0.717, 1.165) is 16.0 Å². The van der Waals surface area contributed by atoms with Gasteiger partial charge in [-0.1, -0.05) is 6.92 Å². The minimum Gasteiger partial charge on any atom is -0.480 e. The minimum absolute atomic E-state index is 0.250. The molecule has 2 heterocycles. The number of nitrogens with zero attached hydrogens (tertiary/aromatic N) is 2. The first-order valence-corrected chi connectivity index (χ1v) is 8.30. The number of amides is 1. The molecule has 0 aromatic carbocycles. The van der Waals surface area contributed by atoms with Gasteiger partial charge in [-0.25, -0.2) is 14.8 Å². The number of fused-ring (bicyclic) bond motifs is 1. The highest BCUT2D eigenvalue weighted by Crippen LogP contribution is 2.27. The van der Waals surface area contributed by atoms with Gasteiger partial charge in [-0.3, -0.25) is 4.79 Å². The number of thiophene rings is 1. The summed E-state index contributed by atoms with van der Waals surface area (Å²) >= 11 is 1.61. The maximum Gasteiger partial charge on any atom is 0.326 e. The van der Waals surface area contributed by atoms with Gasteiger partial charge in [0, 0.05) is 17.8 Å². The lowest BCUT2D eigenvalue weighted by molar-refractivity contribution is -0.141. The van der Waals surface area contributed by atoms with Crippen LogP contribution >= 0.6 is 11.3 Å². The molecule has 0 spiro atoms. The van der Waals surface area contributed by atoms with Crippen molar-refractivity contribution in [2.45, 2.75) is 39.2 Å². The summed E-state index contributed by atoms with van der Waals surface area (Å²) in [5.74, 6) is -0.493. The molecule has 0 saturated carbocycles. The zero-order valence-electron chi connectivity index (χ0n) is 13.1. The number of anilines is 1. The molecule has 0 fully saturated rings. The lowest BCUT2D eigenvalue weighted by atomic mass is 10.2. The topological polar surface area (TPSA) is 104 Å². The summed E-state index contributed by atoms with van der Waals surface area (Å²) in [6.07, 6.45) is 2.76. The van der Waals surface area contributed by atoms with Crippen LogP contribution in [0.2, 0.25) is 0 Å². The van der Waals surface area contributed by atoms with Crippen LogP contribution in [0, 0.1) is 6.92 Å². The van der Waals surface area contributed by atoms with Crippen molar-refractivity contribution < 1.29 is 14.7 Å². The van der Waals surface area contributed by atoms with Gasteiger partial charge in [0.05, 0.1) is 5.39 Å². The van der Waals surface area contributed by atoms with Crippen LogP contribution in [0.3, 0.4) is 0 Å². The van der Waals surface area contributed by atoms with E-state index >= 15 is 0 Å². The van der Waals surface area contributed by atoms with E-state index in [1.165, 1.54) is 11.2 Å². The van der Waals surface area contributed by atoms with E-state index in [4.69, 9.17) is 5.11 Å². The van der Waals surface area contributed by atoms with Gasteiger partial charge in [0.25, 0.3) is 0 Å². The minimum atomic E-state index is -1.00. The third-order valence-electron chi connectivity index (χ3n) is 3.37. The Hall–Kier alpha value is -2.22. The SMILES string of the molecule is CCC(NC(=O)CCCNc1ncnc2sc(C)cc12)C(=O)O. The largest absolute Gasteiger partial charge is 0.480 e. The van der Waals surface area contributed by atoms with E-state index < -0.39 is 12.0 Å². The van der Waals surface area contributed by atoms with Crippen molar-refractivity contribution in [2.24, 2.45) is 0 Å². The highest BCUT2D eigenvalue weighted by Gasteiger charge is 2.16. The van der Waals surface area contributed by atoms with E-state index in [2.05, 4.69) is 20.6 Å². The maximum atomic E-state index is 11.7. The van der Waals surface area contributed by atoms with Gasteiger partial charge in [0.15, 0.2) is 0 Å². The molecule has 0 aliphatic carbocycles. The third kappa shape index (κ3) is 4.62. The van der Waals surface area contributed by atoms with Crippen LogP contribution in [0.4, 0.5) is 5.82 Å². The average Bonchev–Trinajstić information content (AvgIpc) is 2.89. The van der Waals surface area contributed by atoms with Crippen LogP contribution in [-0.2, 0) is 9.59 Å². The van der Waals surface area contributed by atoms with Crippen molar-refractivity contribution in [3.63, 3.8) is 0 Å². The number of carboxylic acids is 1. The lowest BCUT2D eigenvalue weighted by Gasteiger charge is -2.12. The van der Waals surface area contributed by atoms with Crippen LogP contribution < -0.4 is 10.6 Å². The molecule has 2 aromatic rings. The van der Waals surface area contributed by atoms with E-state index in [0.29, 0.717) is 19.4 Å². The Morgan fingerprint density at radius 3 is 2.87 bits per heavy atom. The molecule has 23 heavy (non-hydrogen) atoms. The zero-order valence-corrected chi connectivity index (χ0v) is 13.9. The second-order valence-electron chi connectivity index (χ2n) is 5.20. The summed E-state index contributed by atoms with van der Waals surface area (Å²) in [7, 11) is 0.